The van der Waals surface area contributed by atoms with Crippen molar-refractivity contribution >= 4 is 11.8 Å². The summed E-state index contributed by atoms with van der Waals surface area (Å²) in [6, 6.07) is 7.48. The highest BCUT2D eigenvalue weighted by atomic mass is 16.5. The van der Waals surface area contributed by atoms with Crippen LogP contribution in [0, 0.1) is 5.92 Å². The second-order valence-electron chi connectivity index (χ2n) is 8.83. The number of hydrazine groups is 1. The minimum atomic E-state index is -0.354. The van der Waals surface area contributed by atoms with Crippen LogP contribution in [0.1, 0.15) is 55.7 Å². The maximum atomic E-state index is 12.1. The van der Waals surface area contributed by atoms with Crippen molar-refractivity contribution in [2.75, 3.05) is 31.1 Å². The summed E-state index contributed by atoms with van der Waals surface area (Å²) in [7, 11) is 0. The van der Waals surface area contributed by atoms with Crippen LogP contribution in [-0.4, -0.2) is 44.5 Å². The molecule has 1 amide bonds. The highest BCUT2D eigenvalue weighted by Crippen LogP contribution is 2.40. The summed E-state index contributed by atoms with van der Waals surface area (Å²) in [5, 5.41) is 2.84. The molecule has 3 N–H and O–H groups in total. The molecule has 4 bridgehead atoms. The molecule has 5 rings (SSSR count). The predicted octanol–water partition coefficient (Wildman–Crippen LogP) is 2.62. The minimum Gasteiger partial charge on any atom is -0.445 e. The Labute approximate surface area is 172 Å². The quantitative estimate of drug-likeness (QED) is 0.673. The second kappa shape index (κ2) is 8.50. The van der Waals surface area contributed by atoms with Crippen LogP contribution in [0.4, 0.5) is 10.5 Å². The van der Waals surface area contributed by atoms with Gasteiger partial charge in [0.1, 0.15) is 6.61 Å². The van der Waals surface area contributed by atoms with E-state index in [2.05, 4.69) is 39.3 Å². The van der Waals surface area contributed by atoms with Crippen molar-refractivity contribution in [3.05, 3.63) is 29.3 Å². The van der Waals surface area contributed by atoms with Crippen molar-refractivity contribution in [2.45, 2.75) is 63.3 Å². The van der Waals surface area contributed by atoms with E-state index < -0.39 is 0 Å². The normalized spacial score (nSPS) is 32.8. The van der Waals surface area contributed by atoms with Crippen molar-refractivity contribution in [3.8, 4) is 0 Å². The van der Waals surface area contributed by atoms with E-state index in [-0.39, 0.29) is 12.1 Å². The van der Waals surface area contributed by atoms with Gasteiger partial charge in [-0.05, 0) is 67.7 Å². The summed E-state index contributed by atoms with van der Waals surface area (Å²) < 4.78 is 11.6. The number of hydrogen-bond donors (Lipinski definition) is 3. The monoisotopic (exact) mass is 400 g/mol. The van der Waals surface area contributed by atoms with Crippen LogP contribution in [0.3, 0.4) is 0 Å². The third-order valence-electron chi connectivity index (χ3n) is 6.85. The number of nitrogens with one attached hydrogen (secondary N) is 3. The molecule has 158 valence electrons. The number of amides is 1. The average molecular weight is 401 g/mol. The van der Waals surface area contributed by atoms with Gasteiger partial charge >= 0.3 is 6.09 Å². The lowest BCUT2D eigenvalue weighted by molar-refractivity contribution is 0.00716. The zero-order valence-corrected chi connectivity index (χ0v) is 17.0. The third kappa shape index (κ3) is 4.22. The number of ether oxygens (including phenoxy) is 2. The highest BCUT2D eigenvalue weighted by Gasteiger charge is 2.41. The fourth-order valence-corrected chi connectivity index (χ4v) is 5.33. The lowest BCUT2D eigenvalue weighted by atomic mass is 9.78. The van der Waals surface area contributed by atoms with Crippen molar-refractivity contribution in [3.63, 3.8) is 0 Å². The Bertz CT molecular complexity index is 737. The van der Waals surface area contributed by atoms with Crippen LogP contribution in [0.5, 0.6) is 0 Å². The van der Waals surface area contributed by atoms with Gasteiger partial charge < -0.3 is 19.7 Å². The molecule has 29 heavy (non-hydrogen) atoms. The zero-order chi connectivity index (χ0) is 19.6. The van der Waals surface area contributed by atoms with E-state index in [9.17, 15) is 4.79 Å². The minimum absolute atomic E-state index is 0.256. The Morgan fingerprint density at radius 1 is 1.03 bits per heavy atom. The number of benzene rings is 1. The molecule has 3 aliphatic heterocycles. The molecule has 1 aromatic rings. The van der Waals surface area contributed by atoms with Gasteiger partial charge in [0.25, 0.3) is 0 Å². The SMILES string of the molecule is O=C1NCCCOC2CCC3NNC(c4cc(cc(N5CCCC5)c4)CO1)C3C2. The van der Waals surface area contributed by atoms with E-state index in [1.165, 1.54) is 24.1 Å². The van der Waals surface area contributed by atoms with E-state index in [0.29, 0.717) is 37.8 Å². The third-order valence-corrected chi connectivity index (χ3v) is 6.85. The molecular formula is C22H32N4O3. The first-order chi connectivity index (χ1) is 14.3. The Balaban J connectivity index is 1.46. The number of alkyl carbamates (subject to hydrolysis) is 1. The second-order valence-corrected chi connectivity index (χ2v) is 8.83. The van der Waals surface area contributed by atoms with Gasteiger partial charge in [-0.25, -0.2) is 10.2 Å². The van der Waals surface area contributed by atoms with Gasteiger partial charge in [-0.1, -0.05) is 6.07 Å². The molecular weight excluding hydrogens is 368 g/mol. The molecule has 3 heterocycles. The van der Waals surface area contributed by atoms with Crippen LogP contribution < -0.4 is 21.1 Å². The predicted molar refractivity (Wildman–Crippen MR) is 111 cm³/mol. The Kier molecular flexibility index (Phi) is 5.61. The maximum absolute atomic E-state index is 12.1. The lowest BCUT2D eigenvalue weighted by Crippen LogP contribution is -2.37. The first-order valence-electron chi connectivity index (χ1n) is 11.2. The first kappa shape index (κ1) is 19.2. The molecule has 1 aromatic carbocycles. The van der Waals surface area contributed by atoms with Gasteiger partial charge in [0.05, 0.1) is 12.1 Å². The first-order valence-corrected chi connectivity index (χ1v) is 11.2. The Hall–Kier alpha value is -1.83. The summed E-state index contributed by atoms with van der Waals surface area (Å²) in [4.78, 5) is 14.5. The van der Waals surface area contributed by atoms with E-state index in [0.717, 1.165) is 44.3 Å². The number of carbonyl (C=O) groups is 1. The summed E-state index contributed by atoms with van der Waals surface area (Å²) in [5.41, 5.74) is 10.7. The number of rotatable bonds is 1. The smallest absolute Gasteiger partial charge is 0.407 e. The lowest BCUT2D eigenvalue weighted by Gasteiger charge is -2.33. The molecule has 7 heteroatoms. The van der Waals surface area contributed by atoms with Gasteiger partial charge in [0.15, 0.2) is 0 Å². The van der Waals surface area contributed by atoms with Crippen molar-refractivity contribution in [1.29, 1.82) is 0 Å². The molecule has 4 atom stereocenters. The van der Waals surface area contributed by atoms with E-state index in [1.807, 2.05) is 0 Å². The molecule has 2 saturated heterocycles. The van der Waals surface area contributed by atoms with E-state index in [1.54, 1.807) is 0 Å². The van der Waals surface area contributed by atoms with Gasteiger partial charge in [-0.3, -0.25) is 5.43 Å². The van der Waals surface area contributed by atoms with Crippen LogP contribution in [-0.2, 0) is 16.1 Å². The summed E-state index contributed by atoms with van der Waals surface area (Å²) in [6.45, 7) is 3.77. The van der Waals surface area contributed by atoms with Gasteiger partial charge in [0.2, 0.25) is 0 Å². The van der Waals surface area contributed by atoms with Crippen LogP contribution in [0.25, 0.3) is 0 Å². The molecule has 7 nitrogen and oxygen atoms in total. The number of nitrogens with zero attached hydrogens (tertiary/aromatic N) is 1. The molecule has 0 radical (unpaired) electrons. The Morgan fingerprint density at radius 2 is 1.93 bits per heavy atom. The largest absolute Gasteiger partial charge is 0.445 e. The molecule has 4 aliphatic rings. The highest BCUT2D eigenvalue weighted by molar-refractivity contribution is 5.67. The number of fused-ring (bicyclic) bond motifs is 4. The van der Waals surface area contributed by atoms with Crippen LogP contribution in [0.2, 0.25) is 0 Å². The summed E-state index contributed by atoms with van der Waals surface area (Å²) in [5.74, 6) is 0.515. The summed E-state index contributed by atoms with van der Waals surface area (Å²) >= 11 is 0. The van der Waals surface area contributed by atoms with Crippen molar-refractivity contribution < 1.29 is 14.3 Å². The van der Waals surface area contributed by atoms with Crippen LogP contribution >= 0.6 is 0 Å². The number of hydrogen-bond acceptors (Lipinski definition) is 6. The number of cyclic esters (lactones) is 1. The van der Waals surface area contributed by atoms with Crippen molar-refractivity contribution in [1.82, 2.24) is 16.2 Å². The summed E-state index contributed by atoms with van der Waals surface area (Å²) in [6.07, 6.45) is 6.55. The molecule has 0 aromatic heterocycles. The van der Waals surface area contributed by atoms with Gasteiger partial charge in [0, 0.05) is 38.0 Å². The van der Waals surface area contributed by atoms with Gasteiger partial charge in [-0.2, -0.15) is 0 Å². The average Bonchev–Trinajstić information content (AvgIpc) is 3.41. The topological polar surface area (TPSA) is 74.9 Å². The number of anilines is 1. The molecule has 1 saturated carbocycles. The van der Waals surface area contributed by atoms with Crippen molar-refractivity contribution in [2.24, 2.45) is 5.92 Å². The zero-order valence-electron chi connectivity index (χ0n) is 17.0. The standard InChI is InChI=1S/C22H32N4O3/c27-22-23-6-3-9-28-18-4-5-20-19(13-18)21(25-24-20)16-10-15(14-29-22)11-17(12-16)26-7-1-2-8-26/h10-12,18-21,24-25H,1-9,13-14H2,(H,23,27). The number of carbonyl (C=O) groups excluding carboxylic acids is 1. The fourth-order valence-electron chi connectivity index (χ4n) is 5.33. The van der Waals surface area contributed by atoms with E-state index >= 15 is 0 Å². The maximum Gasteiger partial charge on any atom is 0.407 e. The molecule has 1 aliphatic carbocycles. The van der Waals surface area contributed by atoms with Crippen LogP contribution in [0.15, 0.2) is 18.2 Å². The molecule has 0 spiro atoms. The molecule has 4 unspecified atom stereocenters. The van der Waals surface area contributed by atoms with E-state index in [4.69, 9.17) is 9.47 Å². The molecule has 3 fully saturated rings. The Morgan fingerprint density at radius 3 is 2.83 bits per heavy atom. The van der Waals surface area contributed by atoms with Gasteiger partial charge in [-0.15, -0.1) is 0 Å². The fraction of sp³-hybridized carbons (Fsp3) is 0.682.